The number of hydrogen-bond acceptors (Lipinski definition) is 4. The molecule has 1 aliphatic heterocycles. The summed E-state index contributed by atoms with van der Waals surface area (Å²) in [6, 6.07) is 9.58. The Morgan fingerprint density at radius 2 is 1.91 bits per heavy atom. The van der Waals surface area contributed by atoms with Crippen molar-refractivity contribution in [2.75, 3.05) is 23.3 Å². The zero-order chi connectivity index (χ0) is 15.4. The normalized spacial score (nSPS) is 15.4. The van der Waals surface area contributed by atoms with Crippen LogP contribution in [0.3, 0.4) is 0 Å². The summed E-state index contributed by atoms with van der Waals surface area (Å²) < 4.78 is 5.03. The summed E-state index contributed by atoms with van der Waals surface area (Å²) in [5.74, 6) is -0.0222. The van der Waals surface area contributed by atoms with E-state index in [9.17, 15) is 4.79 Å². The van der Waals surface area contributed by atoms with E-state index < -0.39 is 0 Å². The van der Waals surface area contributed by atoms with Gasteiger partial charge in [0, 0.05) is 19.2 Å². The predicted octanol–water partition coefficient (Wildman–Crippen LogP) is 3.62. The van der Waals surface area contributed by atoms with Crippen LogP contribution in [0.2, 0.25) is 0 Å². The number of hydrogen-bond donors (Lipinski definition) is 1. The van der Waals surface area contributed by atoms with Gasteiger partial charge in [-0.2, -0.15) is 0 Å². The quantitative estimate of drug-likeness (QED) is 0.940. The summed E-state index contributed by atoms with van der Waals surface area (Å²) >= 11 is 0. The molecule has 1 aliphatic rings. The van der Waals surface area contributed by atoms with Crippen molar-refractivity contribution in [2.24, 2.45) is 0 Å². The number of aryl methyl sites for hydroxylation is 1. The van der Waals surface area contributed by atoms with E-state index in [1.54, 1.807) is 13.0 Å². The third-order valence-electron chi connectivity index (χ3n) is 3.95. The second-order valence-electron chi connectivity index (χ2n) is 5.71. The Kier molecular flexibility index (Phi) is 4.42. The first-order chi connectivity index (χ1) is 10.7. The number of nitrogens with one attached hydrogen (secondary N) is 1. The van der Waals surface area contributed by atoms with Crippen LogP contribution in [0.1, 0.15) is 41.9 Å². The fourth-order valence-corrected chi connectivity index (χ4v) is 2.82. The molecule has 116 valence electrons. The van der Waals surface area contributed by atoms with E-state index in [1.165, 1.54) is 25.7 Å². The molecule has 0 unspecified atom stereocenters. The van der Waals surface area contributed by atoms with Gasteiger partial charge in [0.15, 0.2) is 0 Å². The molecule has 0 bridgehead atoms. The lowest BCUT2D eigenvalue weighted by molar-refractivity contribution is 0.0988. The molecule has 0 aliphatic carbocycles. The van der Waals surface area contributed by atoms with Gasteiger partial charge in [-0.05, 0) is 31.9 Å². The molecule has 5 heteroatoms. The topological polar surface area (TPSA) is 58.4 Å². The fraction of sp³-hybridized carbons (Fsp3) is 0.412. The molecule has 5 nitrogen and oxygen atoms in total. The van der Waals surface area contributed by atoms with E-state index in [-0.39, 0.29) is 11.7 Å². The first-order valence-corrected chi connectivity index (χ1v) is 7.83. The molecular formula is C17H21N3O2. The number of carbonyl (C=O) groups excluding carboxylic acids is 1. The van der Waals surface area contributed by atoms with E-state index >= 15 is 0 Å². The molecule has 2 aromatic rings. The molecule has 22 heavy (non-hydrogen) atoms. The number of nitrogens with zero attached hydrogens (tertiary/aromatic N) is 2. The van der Waals surface area contributed by atoms with Gasteiger partial charge in [0.05, 0.1) is 17.1 Å². The molecule has 3 rings (SSSR count). The highest BCUT2D eigenvalue weighted by Gasteiger charge is 2.17. The molecule has 1 saturated heterocycles. The number of benzene rings is 1. The SMILES string of the molecule is Cc1cc(C(=O)Nc2ccccc2N2CCCCCC2)on1. The second kappa shape index (κ2) is 6.64. The molecule has 0 atom stereocenters. The zero-order valence-electron chi connectivity index (χ0n) is 12.8. The van der Waals surface area contributed by atoms with Gasteiger partial charge in [-0.1, -0.05) is 30.1 Å². The fourth-order valence-electron chi connectivity index (χ4n) is 2.82. The van der Waals surface area contributed by atoms with Crippen molar-refractivity contribution in [3.05, 3.63) is 41.8 Å². The van der Waals surface area contributed by atoms with Crippen molar-refractivity contribution < 1.29 is 9.32 Å². The minimum Gasteiger partial charge on any atom is -0.370 e. The lowest BCUT2D eigenvalue weighted by Gasteiger charge is -2.25. The summed E-state index contributed by atoms with van der Waals surface area (Å²) in [7, 11) is 0. The molecule has 0 radical (unpaired) electrons. The van der Waals surface area contributed by atoms with E-state index in [1.807, 2.05) is 18.2 Å². The van der Waals surface area contributed by atoms with Crippen LogP contribution < -0.4 is 10.2 Å². The molecule has 0 saturated carbocycles. The molecular weight excluding hydrogens is 278 g/mol. The van der Waals surface area contributed by atoms with Crippen molar-refractivity contribution in [1.82, 2.24) is 5.16 Å². The lowest BCUT2D eigenvalue weighted by atomic mass is 10.2. The molecule has 1 N–H and O–H groups in total. The average molecular weight is 299 g/mol. The van der Waals surface area contributed by atoms with Crippen molar-refractivity contribution >= 4 is 17.3 Å². The molecule has 1 amide bonds. The van der Waals surface area contributed by atoms with Gasteiger partial charge in [-0.25, -0.2) is 0 Å². The molecule has 1 fully saturated rings. The highest BCUT2D eigenvalue weighted by atomic mass is 16.5. The van der Waals surface area contributed by atoms with Gasteiger partial charge in [0.25, 0.3) is 5.91 Å². The number of para-hydroxylation sites is 2. The predicted molar refractivity (Wildman–Crippen MR) is 86.3 cm³/mol. The Morgan fingerprint density at radius 3 is 2.59 bits per heavy atom. The first kappa shape index (κ1) is 14.6. The smallest absolute Gasteiger partial charge is 0.294 e. The van der Waals surface area contributed by atoms with E-state index in [4.69, 9.17) is 4.52 Å². The zero-order valence-corrected chi connectivity index (χ0v) is 12.8. The third kappa shape index (κ3) is 3.30. The Balaban J connectivity index is 1.80. The van der Waals surface area contributed by atoms with Crippen LogP contribution in [-0.2, 0) is 0 Å². The summed E-state index contributed by atoms with van der Waals surface area (Å²) in [6.45, 7) is 3.87. The number of amides is 1. The Morgan fingerprint density at radius 1 is 1.18 bits per heavy atom. The maximum atomic E-state index is 12.3. The second-order valence-corrected chi connectivity index (χ2v) is 5.71. The van der Waals surface area contributed by atoms with Gasteiger partial charge < -0.3 is 14.7 Å². The maximum Gasteiger partial charge on any atom is 0.294 e. The third-order valence-corrected chi connectivity index (χ3v) is 3.95. The van der Waals surface area contributed by atoms with Crippen molar-refractivity contribution in [2.45, 2.75) is 32.6 Å². The van der Waals surface area contributed by atoms with Crippen LogP contribution in [0.15, 0.2) is 34.9 Å². The van der Waals surface area contributed by atoms with Crippen molar-refractivity contribution in [3.63, 3.8) is 0 Å². The van der Waals surface area contributed by atoms with E-state index in [2.05, 4.69) is 21.4 Å². The van der Waals surface area contributed by atoms with Crippen LogP contribution in [0, 0.1) is 6.92 Å². The van der Waals surface area contributed by atoms with Crippen LogP contribution in [0.5, 0.6) is 0 Å². The van der Waals surface area contributed by atoms with Gasteiger partial charge in [-0.3, -0.25) is 4.79 Å². The molecule has 1 aromatic heterocycles. The van der Waals surface area contributed by atoms with Gasteiger partial charge in [0.1, 0.15) is 0 Å². The summed E-state index contributed by atoms with van der Waals surface area (Å²) in [4.78, 5) is 14.6. The summed E-state index contributed by atoms with van der Waals surface area (Å²) in [5, 5.41) is 6.70. The average Bonchev–Trinajstić information content (AvgIpc) is 2.80. The maximum absolute atomic E-state index is 12.3. The first-order valence-electron chi connectivity index (χ1n) is 7.83. The van der Waals surface area contributed by atoms with Gasteiger partial charge >= 0.3 is 0 Å². The number of anilines is 2. The minimum atomic E-state index is -0.261. The van der Waals surface area contributed by atoms with E-state index in [0.29, 0.717) is 5.69 Å². The largest absolute Gasteiger partial charge is 0.370 e. The Bertz CT molecular complexity index is 643. The summed E-state index contributed by atoms with van der Waals surface area (Å²) in [5.41, 5.74) is 2.60. The Labute approximate surface area is 130 Å². The van der Waals surface area contributed by atoms with Crippen LogP contribution in [0.25, 0.3) is 0 Å². The van der Waals surface area contributed by atoms with E-state index in [0.717, 1.165) is 24.5 Å². The van der Waals surface area contributed by atoms with Crippen LogP contribution >= 0.6 is 0 Å². The van der Waals surface area contributed by atoms with Gasteiger partial charge in [-0.15, -0.1) is 0 Å². The highest BCUT2D eigenvalue weighted by molar-refractivity contribution is 6.04. The molecule has 0 spiro atoms. The Hall–Kier alpha value is -2.30. The van der Waals surface area contributed by atoms with Crippen molar-refractivity contribution in [3.8, 4) is 0 Å². The monoisotopic (exact) mass is 299 g/mol. The molecule has 2 heterocycles. The lowest BCUT2D eigenvalue weighted by Crippen LogP contribution is -2.25. The van der Waals surface area contributed by atoms with Crippen LogP contribution in [-0.4, -0.2) is 24.2 Å². The van der Waals surface area contributed by atoms with Crippen LogP contribution in [0.4, 0.5) is 11.4 Å². The molecule has 1 aromatic carbocycles. The standard InChI is InChI=1S/C17H21N3O2/c1-13-12-16(22-19-13)17(21)18-14-8-4-5-9-15(14)20-10-6-2-3-7-11-20/h4-5,8-9,12H,2-3,6-7,10-11H2,1H3,(H,18,21). The summed E-state index contributed by atoms with van der Waals surface area (Å²) in [6.07, 6.45) is 4.96. The number of aromatic nitrogens is 1. The van der Waals surface area contributed by atoms with Crippen molar-refractivity contribution in [1.29, 1.82) is 0 Å². The van der Waals surface area contributed by atoms with Gasteiger partial charge in [0.2, 0.25) is 5.76 Å². The number of rotatable bonds is 3. The highest BCUT2D eigenvalue weighted by Crippen LogP contribution is 2.28. The number of carbonyl (C=O) groups is 1. The minimum absolute atomic E-state index is 0.239.